The molecule has 0 radical (unpaired) electrons. The zero-order valence-corrected chi connectivity index (χ0v) is 5.98. The van der Waals surface area contributed by atoms with Crippen LogP contribution in [0.5, 0.6) is 0 Å². The van der Waals surface area contributed by atoms with Crippen molar-refractivity contribution in [2.24, 2.45) is 5.84 Å². The third-order valence-electron chi connectivity index (χ3n) is 1.68. The molecule has 1 rings (SSSR count). The Bertz CT molecular complexity index is 160. The number of nitrogens with two attached hydrogens (primary N) is 1. The molecule has 0 saturated heterocycles. The van der Waals surface area contributed by atoms with Crippen LogP contribution in [0, 0.1) is 0 Å². The summed E-state index contributed by atoms with van der Waals surface area (Å²) in [6, 6.07) is 0. The number of nitrogens with one attached hydrogen (secondary N) is 2. The fourth-order valence-electron chi connectivity index (χ4n) is 1.07. The molecule has 0 aromatic carbocycles. The van der Waals surface area contributed by atoms with Gasteiger partial charge in [-0.2, -0.15) is 0 Å². The zero-order chi connectivity index (χ0) is 7.40. The van der Waals surface area contributed by atoms with E-state index >= 15 is 0 Å². The van der Waals surface area contributed by atoms with Crippen molar-refractivity contribution in [3.05, 3.63) is 23.9 Å². The van der Waals surface area contributed by atoms with Gasteiger partial charge in [0.2, 0.25) is 0 Å². The Morgan fingerprint density at radius 3 is 3.00 bits per heavy atom. The van der Waals surface area contributed by atoms with E-state index in [4.69, 9.17) is 5.84 Å². The van der Waals surface area contributed by atoms with E-state index in [9.17, 15) is 0 Å². The van der Waals surface area contributed by atoms with Gasteiger partial charge in [0.1, 0.15) is 0 Å². The Morgan fingerprint density at radius 1 is 1.70 bits per heavy atom. The molecular weight excluding hydrogens is 126 g/mol. The van der Waals surface area contributed by atoms with Crippen molar-refractivity contribution in [1.29, 1.82) is 0 Å². The van der Waals surface area contributed by atoms with Crippen molar-refractivity contribution in [3.8, 4) is 0 Å². The molecule has 3 heteroatoms. The van der Waals surface area contributed by atoms with E-state index in [1.165, 1.54) is 5.57 Å². The van der Waals surface area contributed by atoms with Gasteiger partial charge in [0.25, 0.3) is 0 Å². The summed E-state index contributed by atoms with van der Waals surface area (Å²) in [5.74, 6) is 5.27. The summed E-state index contributed by atoms with van der Waals surface area (Å²) in [7, 11) is 0. The fraction of sp³-hybridized carbons (Fsp3) is 0.429. The van der Waals surface area contributed by atoms with Gasteiger partial charge in [0.05, 0.1) is 0 Å². The fourth-order valence-corrected chi connectivity index (χ4v) is 1.07. The number of rotatable bonds is 2. The lowest BCUT2D eigenvalue weighted by molar-refractivity contribution is 0.641. The first-order valence-corrected chi connectivity index (χ1v) is 3.40. The lowest BCUT2D eigenvalue weighted by atomic mass is 10.1. The monoisotopic (exact) mass is 139 g/mol. The smallest absolute Gasteiger partial charge is 0.0429 e. The molecule has 4 N–H and O–H groups in total. The standard InChI is InChI=1S/C7H13N3/c1-2-6-3-4-9-5-7(6)10-8/h2,9-10H,1,3-5,8H2. The van der Waals surface area contributed by atoms with Crippen LogP contribution in [0.1, 0.15) is 6.42 Å². The highest BCUT2D eigenvalue weighted by atomic mass is 15.2. The lowest BCUT2D eigenvalue weighted by Crippen LogP contribution is -2.34. The summed E-state index contributed by atoms with van der Waals surface area (Å²) in [5.41, 5.74) is 4.93. The Kier molecular flexibility index (Phi) is 2.48. The first-order valence-electron chi connectivity index (χ1n) is 3.40. The van der Waals surface area contributed by atoms with Crippen molar-refractivity contribution < 1.29 is 0 Å². The molecule has 0 amide bonds. The van der Waals surface area contributed by atoms with Crippen LogP contribution >= 0.6 is 0 Å². The average molecular weight is 139 g/mol. The summed E-state index contributed by atoms with van der Waals surface area (Å²) in [6.07, 6.45) is 2.87. The van der Waals surface area contributed by atoms with Crippen LogP contribution < -0.4 is 16.6 Å². The van der Waals surface area contributed by atoms with Crippen LogP contribution in [0.2, 0.25) is 0 Å². The summed E-state index contributed by atoms with van der Waals surface area (Å²) in [6.45, 7) is 5.55. The maximum absolute atomic E-state index is 5.27. The molecule has 1 heterocycles. The molecule has 0 saturated carbocycles. The highest BCUT2D eigenvalue weighted by Crippen LogP contribution is 2.09. The molecule has 1 aliphatic rings. The van der Waals surface area contributed by atoms with Crippen LogP contribution in [-0.4, -0.2) is 13.1 Å². The molecule has 3 nitrogen and oxygen atoms in total. The molecule has 56 valence electrons. The van der Waals surface area contributed by atoms with Crippen LogP contribution in [0.25, 0.3) is 0 Å². The second-order valence-electron chi connectivity index (χ2n) is 2.28. The predicted molar refractivity (Wildman–Crippen MR) is 42.0 cm³/mol. The average Bonchev–Trinajstić information content (AvgIpc) is 2.04. The Hall–Kier alpha value is -0.800. The van der Waals surface area contributed by atoms with Gasteiger partial charge in [-0.15, -0.1) is 0 Å². The minimum Gasteiger partial charge on any atom is -0.327 e. The molecule has 1 aliphatic heterocycles. The number of hydrogen-bond donors (Lipinski definition) is 3. The van der Waals surface area contributed by atoms with Crippen molar-refractivity contribution in [1.82, 2.24) is 10.7 Å². The van der Waals surface area contributed by atoms with E-state index in [1.54, 1.807) is 0 Å². The Balaban J connectivity index is 2.72. The highest BCUT2D eigenvalue weighted by Gasteiger charge is 2.06. The van der Waals surface area contributed by atoms with E-state index in [2.05, 4.69) is 17.3 Å². The van der Waals surface area contributed by atoms with Crippen molar-refractivity contribution in [2.45, 2.75) is 6.42 Å². The normalized spacial score (nSPS) is 18.9. The van der Waals surface area contributed by atoms with Gasteiger partial charge in [-0.25, -0.2) is 0 Å². The van der Waals surface area contributed by atoms with Crippen LogP contribution in [0.3, 0.4) is 0 Å². The van der Waals surface area contributed by atoms with Crippen molar-refractivity contribution in [3.63, 3.8) is 0 Å². The molecule has 10 heavy (non-hydrogen) atoms. The third kappa shape index (κ3) is 1.37. The van der Waals surface area contributed by atoms with E-state index in [0.717, 1.165) is 25.2 Å². The SMILES string of the molecule is C=CC1=C(NN)CNCC1. The maximum Gasteiger partial charge on any atom is 0.0429 e. The first kappa shape index (κ1) is 7.31. The first-order chi connectivity index (χ1) is 4.88. The van der Waals surface area contributed by atoms with Gasteiger partial charge in [-0.1, -0.05) is 12.7 Å². The molecule has 0 spiro atoms. The summed E-state index contributed by atoms with van der Waals surface area (Å²) < 4.78 is 0. The number of allylic oxidation sites excluding steroid dienone is 1. The molecule has 0 aromatic heterocycles. The molecular formula is C7H13N3. The van der Waals surface area contributed by atoms with Crippen molar-refractivity contribution in [2.75, 3.05) is 13.1 Å². The molecule has 0 atom stereocenters. The van der Waals surface area contributed by atoms with Crippen LogP contribution in [-0.2, 0) is 0 Å². The quantitative estimate of drug-likeness (QED) is 0.369. The van der Waals surface area contributed by atoms with Gasteiger partial charge < -0.3 is 10.7 Å². The summed E-state index contributed by atoms with van der Waals surface area (Å²) in [5, 5.41) is 3.20. The van der Waals surface area contributed by atoms with Gasteiger partial charge in [0.15, 0.2) is 0 Å². The highest BCUT2D eigenvalue weighted by molar-refractivity contribution is 5.25. The van der Waals surface area contributed by atoms with Crippen LogP contribution in [0.4, 0.5) is 0 Å². The van der Waals surface area contributed by atoms with E-state index in [-0.39, 0.29) is 0 Å². The second kappa shape index (κ2) is 3.39. The number of hydrazine groups is 1. The largest absolute Gasteiger partial charge is 0.327 e. The second-order valence-corrected chi connectivity index (χ2v) is 2.28. The van der Waals surface area contributed by atoms with Gasteiger partial charge in [-0.3, -0.25) is 5.84 Å². The molecule has 0 unspecified atom stereocenters. The van der Waals surface area contributed by atoms with Crippen molar-refractivity contribution >= 4 is 0 Å². The molecule has 0 fully saturated rings. The lowest BCUT2D eigenvalue weighted by Gasteiger charge is -2.18. The zero-order valence-electron chi connectivity index (χ0n) is 5.98. The minimum atomic E-state index is 0.831. The third-order valence-corrected chi connectivity index (χ3v) is 1.68. The van der Waals surface area contributed by atoms with Gasteiger partial charge in [0, 0.05) is 12.2 Å². The minimum absolute atomic E-state index is 0.831. The maximum atomic E-state index is 5.27. The summed E-state index contributed by atoms with van der Waals surface area (Å²) in [4.78, 5) is 0. The molecule has 0 aliphatic carbocycles. The number of hydrogen-bond acceptors (Lipinski definition) is 3. The summed E-state index contributed by atoms with van der Waals surface area (Å²) >= 11 is 0. The van der Waals surface area contributed by atoms with Crippen LogP contribution in [0.15, 0.2) is 23.9 Å². The Morgan fingerprint density at radius 2 is 2.50 bits per heavy atom. The van der Waals surface area contributed by atoms with Gasteiger partial charge >= 0.3 is 0 Å². The van der Waals surface area contributed by atoms with E-state index < -0.39 is 0 Å². The molecule has 0 bridgehead atoms. The Labute approximate surface area is 61.0 Å². The van der Waals surface area contributed by atoms with E-state index in [0.29, 0.717) is 0 Å². The molecule has 0 aromatic rings. The van der Waals surface area contributed by atoms with E-state index in [1.807, 2.05) is 6.08 Å². The topological polar surface area (TPSA) is 50.1 Å². The van der Waals surface area contributed by atoms with Gasteiger partial charge in [-0.05, 0) is 18.5 Å². The predicted octanol–water partition coefficient (Wildman–Crippen LogP) is -0.117.